The number of carbonyl (C=O) groups excluding carboxylic acids is 2. The van der Waals surface area contributed by atoms with E-state index in [2.05, 4.69) is 6.58 Å². The van der Waals surface area contributed by atoms with Crippen molar-refractivity contribution in [3.8, 4) is 0 Å². The normalized spacial score (nSPS) is 16.5. The van der Waals surface area contributed by atoms with Crippen LogP contribution in [0.1, 0.15) is 31.2 Å². The first-order valence-electron chi connectivity index (χ1n) is 6.95. The summed E-state index contributed by atoms with van der Waals surface area (Å²) in [7, 11) is 0. The van der Waals surface area contributed by atoms with Gasteiger partial charge in [0.2, 0.25) is 5.91 Å². The molecule has 1 aliphatic heterocycles. The molecule has 5 heteroatoms. The van der Waals surface area contributed by atoms with Gasteiger partial charge in [-0.3, -0.25) is 9.59 Å². The Balaban J connectivity index is 2.17. The Morgan fingerprint density at radius 2 is 2.29 bits per heavy atom. The molecule has 0 fully saturated rings. The highest BCUT2D eigenvalue weighted by molar-refractivity contribution is 6.30. The number of ether oxygens (including phenoxy) is 1. The summed E-state index contributed by atoms with van der Waals surface area (Å²) >= 11 is 6.05. The fourth-order valence-corrected chi connectivity index (χ4v) is 2.79. The topological polar surface area (TPSA) is 46.6 Å². The van der Waals surface area contributed by atoms with Crippen LogP contribution < -0.4 is 4.90 Å². The first kappa shape index (κ1) is 15.6. The first-order chi connectivity index (χ1) is 10.1. The Morgan fingerprint density at radius 1 is 1.52 bits per heavy atom. The summed E-state index contributed by atoms with van der Waals surface area (Å²) in [5.41, 5.74) is 1.85. The van der Waals surface area contributed by atoms with Gasteiger partial charge in [0.05, 0.1) is 6.61 Å². The van der Waals surface area contributed by atoms with Gasteiger partial charge in [-0.25, -0.2) is 0 Å². The molecule has 112 valence electrons. The zero-order valence-corrected chi connectivity index (χ0v) is 12.7. The molecule has 1 aromatic carbocycles. The van der Waals surface area contributed by atoms with Crippen LogP contribution in [-0.2, 0) is 14.3 Å². The fourth-order valence-electron chi connectivity index (χ4n) is 2.61. The van der Waals surface area contributed by atoms with Gasteiger partial charge in [0, 0.05) is 29.6 Å². The quantitative estimate of drug-likeness (QED) is 0.619. The van der Waals surface area contributed by atoms with Crippen molar-refractivity contribution in [3.05, 3.63) is 41.4 Å². The molecule has 1 amide bonds. The van der Waals surface area contributed by atoms with Gasteiger partial charge in [0.25, 0.3) is 0 Å². The molecule has 1 aromatic rings. The summed E-state index contributed by atoms with van der Waals surface area (Å²) in [6, 6.07) is 5.46. The number of fused-ring (bicyclic) bond motifs is 1. The van der Waals surface area contributed by atoms with Crippen LogP contribution in [0.4, 0.5) is 5.69 Å². The average molecular weight is 308 g/mol. The van der Waals surface area contributed by atoms with E-state index >= 15 is 0 Å². The third-order valence-corrected chi connectivity index (χ3v) is 3.80. The van der Waals surface area contributed by atoms with Crippen LogP contribution in [0.25, 0.3) is 0 Å². The largest absolute Gasteiger partial charge is 0.466 e. The Morgan fingerprint density at radius 3 is 2.95 bits per heavy atom. The lowest BCUT2D eigenvalue weighted by molar-refractivity contribution is -0.143. The van der Waals surface area contributed by atoms with Gasteiger partial charge >= 0.3 is 5.97 Å². The molecule has 1 heterocycles. The number of esters is 1. The Bertz CT molecular complexity index is 571. The number of rotatable bonds is 5. The van der Waals surface area contributed by atoms with Crippen LogP contribution >= 0.6 is 11.6 Å². The van der Waals surface area contributed by atoms with Crippen molar-refractivity contribution in [2.75, 3.05) is 18.1 Å². The average Bonchev–Trinajstić information content (AvgIpc) is 2.82. The molecule has 21 heavy (non-hydrogen) atoms. The summed E-state index contributed by atoms with van der Waals surface area (Å²) in [5, 5.41) is 0.628. The van der Waals surface area contributed by atoms with Gasteiger partial charge < -0.3 is 9.64 Å². The fraction of sp³-hybridized carbons (Fsp3) is 0.375. The van der Waals surface area contributed by atoms with Gasteiger partial charge in [-0.15, -0.1) is 0 Å². The minimum absolute atomic E-state index is 0.0898. The Kier molecular flexibility index (Phi) is 5.02. The number of anilines is 1. The molecule has 0 N–H and O–H groups in total. The van der Waals surface area contributed by atoms with Crippen LogP contribution in [-0.4, -0.2) is 25.0 Å². The van der Waals surface area contributed by atoms with Gasteiger partial charge in [-0.2, -0.15) is 0 Å². The number of nitrogens with zero attached hydrogens (tertiary/aromatic N) is 1. The lowest BCUT2D eigenvalue weighted by Crippen LogP contribution is -2.27. The summed E-state index contributed by atoms with van der Waals surface area (Å²) in [6.07, 6.45) is 2.26. The highest BCUT2D eigenvalue weighted by Crippen LogP contribution is 2.40. The van der Waals surface area contributed by atoms with Gasteiger partial charge in [0.15, 0.2) is 0 Å². The molecule has 1 atom stereocenters. The van der Waals surface area contributed by atoms with Gasteiger partial charge in [0.1, 0.15) is 0 Å². The predicted octanol–water partition coefficient (Wildman–Crippen LogP) is 3.30. The number of halogens is 1. The van der Waals surface area contributed by atoms with Crippen LogP contribution in [0.2, 0.25) is 5.02 Å². The van der Waals surface area contributed by atoms with Crippen LogP contribution in [0, 0.1) is 0 Å². The summed E-state index contributed by atoms with van der Waals surface area (Å²) in [5.74, 6) is -0.265. The minimum atomic E-state index is -0.213. The van der Waals surface area contributed by atoms with Crippen molar-refractivity contribution in [2.45, 2.75) is 25.7 Å². The zero-order chi connectivity index (χ0) is 15.4. The molecule has 0 aliphatic carbocycles. The van der Waals surface area contributed by atoms with E-state index < -0.39 is 0 Å². The monoisotopic (exact) mass is 307 g/mol. The molecule has 0 saturated carbocycles. The minimum Gasteiger partial charge on any atom is -0.466 e. The van der Waals surface area contributed by atoms with E-state index in [0.29, 0.717) is 31.0 Å². The standard InChI is InChI=1S/C16H18ClNO3/c1-3-15(19)18-10-11(5-8-16(20)21-4-2)13-9-12(17)6-7-14(13)18/h3,6-7,9,11H,1,4-5,8,10H2,2H3. The summed E-state index contributed by atoms with van der Waals surface area (Å²) in [6.45, 7) is 6.24. The number of amides is 1. The van der Waals surface area contributed by atoms with Crippen molar-refractivity contribution < 1.29 is 14.3 Å². The van der Waals surface area contributed by atoms with Crippen LogP contribution in [0.5, 0.6) is 0 Å². The van der Waals surface area contributed by atoms with Gasteiger partial charge in [-0.05, 0) is 43.2 Å². The second-order valence-corrected chi connectivity index (χ2v) is 5.33. The van der Waals surface area contributed by atoms with E-state index in [0.717, 1.165) is 11.3 Å². The van der Waals surface area contributed by atoms with E-state index in [1.54, 1.807) is 17.9 Å². The molecule has 4 nitrogen and oxygen atoms in total. The zero-order valence-electron chi connectivity index (χ0n) is 12.0. The maximum Gasteiger partial charge on any atom is 0.305 e. The smallest absolute Gasteiger partial charge is 0.305 e. The number of carbonyl (C=O) groups is 2. The van der Waals surface area contributed by atoms with Crippen molar-refractivity contribution >= 4 is 29.2 Å². The van der Waals surface area contributed by atoms with Crippen molar-refractivity contribution in [1.29, 1.82) is 0 Å². The highest BCUT2D eigenvalue weighted by Gasteiger charge is 2.31. The molecule has 0 radical (unpaired) electrons. The number of hydrogen-bond donors (Lipinski definition) is 0. The molecule has 1 unspecified atom stereocenters. The highest BCUT2D eigenvalue weighted by atomic mass is 35.5. The maximum absolute atomic E-state index is 11.9. The van der Waals surface area contributed by atoms with Crippen molar-refractivity contribution in [1.82, 2.24) is 0 Å². The maximum atomic E-state index is 11.9. The van der Waals surface area contributed by atoms with E-state index in [9.17, 15) is 9.59 Å². The van der Waals surface area contributed by atoms with Crippen LogP contribution in [0.15, 0.2) is 30.9 Å². The summed E-state index contributed by atoms with van der Waals surface area (Å²) < 4.78 is 4.95. The molecular weight excluding hydrogens is 290 g/mol. The van der Waals surface area contributed by atoms with E-state index in [4.69, 9.17) is 16.3 Å². The van der Waals surface area contributed by atoms with Crippen LogP contribution in [0.3, 0.4) is 0 Å². The van der Waals surface area contributed by atoms with E-state index in [-0.39, 0.29) is 17.8 Å². The molecule has 0 saturated heterocycles. The Labute approximate surface area is 129 Å². The molecule has 2 rings (SSSR count). The number of benzene rings is 1. The lowest BCUT2D eigenvalue weighted by atomic mass is 9.96. The third-order valence-electron chi connectivity index (χ3n) is 3.57. The Hall–Kier alpha value is -1.81. The van der Waals surface area contributed by atoms with E-state index in [1.165, 1.54) is 6.08 Å². The van der Waals surface area contributed by atoms with Crippen molar-refractivity contribution in [2.24, 2.45) is 0 Å². The SMILES string of the molecule is C=CC(=O)N1CC(CCC(=O)OCC)c2cc(Cl)ccc21. The first-order valence-corrected chi connectivity index (χ1v) is 7.33. The molecule has 0 bridgehead atoms. The molecule has 0 spiro atoms. The van der Waals surface area contributed by atoms with Crippen molar-refractivity contribution in [3.63, 3.8) is 0 Å². The third kappa shape index (κ3) is 3.45. The van der Waals surface area contributed by atoms with E-state index in [1.807, 2.05) is 12.1 Å². The second kappa shape index (κ2) is 6.76. The molecule has 1 aliphatic rings. The summed E-state index contributed by atoms with van der Waals surface area (Å²) in [4.78, 5) is 25.1. The van der Waals surface area contributed by atoms with Gasteiger partial charge in [-0.1, -0.05) is 18.2 Å². The predicted molar refractivity (Wildman–Crippen MR) is 82.6 cm³/mol. The second-order valence-electron chi connectivity index (χ2n) is 4.90. The number of hydrogen-bond acceptors (Lipinski definition) is 3. The molecular formula is C16H18ClNO3. The lowest BCUT2D eigenvalue weighted by Gasteiger charge is -2.15. The molecule has 0 aromatic heterocycles.